The number of methoxy groups -OCH3 is 1. The van der Waals surface area contributed by atoms with Crippen LogP contribution < -0.4 is 14.8 Å². The van der Waals surface area contributed by atoms with Crippen molar-refractivity contribution in [3.05, 3.63) is 59.7 Å². The van der Waals surface area contributed by atoms with Crippen LogP contribution in [0.4, 0.5) is 0 Å². The average molecular weight is 451 g/mol. The highest BCUT2D eigenvalue weighted by molar-refractivity contribution is 5.72. The molecule has 1 amide bonds. The minimum absolute atomic E-state index is 0.0333. The molecule has 1 unspecified atom stereocenters. The van der Waals surface area contributed by atoms with Crippen LogP contribution in [0.25, 0.3) is 0 Å². The molecule has 4 rings (SSSR count). The fraction of sp³-hybridized carbons (Fsp3) is 0.536. The third-order valence-corrected chi connectivity index (χ3v) is 7.39. The minimum Gasteiger partial charge on any atom is -0.493 e. The lowest BCUT2D eigenvalue weighted by Crippen LogP contribution is -2.33. The van der Waals surface area contributed by atoms with Crippen molar-refractivity contribution in [3.63, 3.8) is 0 Å². The molecule has 1 aliphatic heterocycles. The number of ether oxygens (including phenoxy) is 2. The van der Waals surface area contributed by atoms with Gasteiger partial charge in [0.25, 0.3) is 0 Å². The summed E-state index contributed by atoms with van der Waals surface area (Å²) in [6.45, 7) is 6.59. The molecule has 2 atom stereocenters. The van der Waals surface area contributed by atoms with E-state index in [1.807, 2.05) is 0 Å². The van der Waals surface area contributed by atoms with Gasteiger partial charge in [0.1, 0.15) is 0 Å². The smallest absolute Gasteiger partial charge is 0.216 e. The van der Waals surface area contributed by atoms with E-state index in [1.54, 1.807) is 14.0 Å². The van der Waals surface area contributed by atoms with Crippen LogP contribution in [0.2, 0.25) is 0 Å². The minimum atomic E-state index is 0.0333. The van der Waals surface area contributed by atoms with E-state index in [2.05, 4.69) is 65.7 Å². The lowest BCUT2D eigenvalue weighted by atomic mass is 9.76. The van der Waals surface area contributed by atoms with Crippen LogP contribution in [0.15, 0.2) is 48.5 Å². The van der Waals surface area contributed by atoms with Crippen molar-refractivity contribution in [2.75, 3.05) is 20.2 Å². The molecule has 0 radical (unpaired) electrons. The molecule has 0 spiro atoms. The molecule has 5 nitrogen and oxygen atoms in total. The first-order valence-corrected chi connectivity index (χ1v) is 12.4. The maximum absolute atomic E-state index is 11.5. The van der Waals surface area contributed by atoms with Gasteiger partial charge in [-0.25, -0.2) is 0 Å². The second-order valence-electron chi connectivity index (χ2n) is 9.93. The van der Waals surface area contributed by atoms with Gasteiger partial charge >= 0.3 is 0 Å². The number of benzene rings is 2. The lowest BCUT2D eigenvalue weighted by molar-refractivity contribution is -0.119. The second kappa shape index (κ2) is 10.6. The molecule has 0 aromatic heterocycles. The van der Waals surface area contributed by atoms with E-state index >= 15 is 0 Å². The van der Waals surface area contributed by atoms with Gasteiger partial charge in [-0.05, 0) is 73.7 Å². The number of rotatable bonds is 9. The van der Waals surface area contributed by atoms with Gasteiger partial charge in [-0.2, -0.15) is 0 Å². The maximum Gasteiger partial charge on any atom is 0.216 e. The fourth-order valence-corrected chi connectivity index (χ4v) is 5.63. The van der Waals surface area contributed by atoms with Gasteiger partial charge < -0.3 is 14.8 Å². The number of nitrogens with zero attached hydrogens (tertiary/aromatic N) is 1. The molecular weight excluding hydrogens is 412 g/mol. The number of carbonyl (C=O) groups is 1. The Bertz CT molecular complexity index is 926. The summed E-state index contributed by atoms with van der Waals surface area (Å²) in [4.78, 5) is 14.1. The molecule has 2 aliphatic rings. The lowest BCUT2D eigenvalue weighted by Gasteiger charge is -2.36. The Morgan fingerprint density at radius 2 is 1.88 bits per heavy atom. The Labute approximate surface area is 198 Å². The number of carbonyl (C=O) groups excluding carboxylic acids is 1. The second-order valence-corrected chi connectivity index (χ2v) is 9.93. The van der Waals surface area contributed by atoms with E-state index in [4.69, 9.17) is 9.47 Å². The number of hydrogen-bond acceptors (Lipinski definition) is 4. The standard InChI is InChI=1S/C28H38N2O3/c1-21(31)29-17-15-28(2)16-18-30(20-22-9-5-4-6-10-22)27(28)23-13-14-25(32-3)26(19-23)33-24-11-7-8-12-24/h4-6,9-10,13-14,19,24,27H,7-8,11-12,15-18,20H2,1-3H3,(H,29,31)/t27?,28-/m0/s1. The Balaban J connectivity index is 1.63. The Kier molecular flexibility index (Phi) is 7.59. The van der Waals surface area contributed by atoms with Crippen molar-refractivity contribution in [2.24, 2.45) is 5.41 Å². The summed E-state index contributed by atoms with van der Waals surface area (Å²) in [7, 11) is 1.71. The van der Waals surface area contributed by atoms with Crippen molar-refractivity contribution < 1.29 is 14.3 Å². The van der Waals surface area contributed by atoms with Crippen LogP contribution in [0.3, 0.4) is 0 Å². The number of hydrogen-bond donors (Lipinski definition) is 1. The Morgan fingerprint density at radius 3 is 2.58 bits per heavy atom. The van der Waals surface area contributed by atoms with E-state index in [1.165, 1.54) is 24.0 Å². The maximum atomic E-state index is 11.5. The molecule has 1 heterocycles. The zero-order chi connectivity index (χ0) is 23.3. The average Bonchev–Trinajstić information content (AvgIpc) is 3.42. The molecule has 33 heavy (non-hydrogen) atoms. The number of likely N-dealkylation sites (tertiary alicyclic amines) is 1. The van der Waals surface area contributed by atoms with Crippen molar-refractivity contribution in [1.82, 2.24) is 10.2 Å². The van der Waals surface area contributed by atoms with E-state index in [9.17, 15) is 4.79 Å². The molecule has 1 N–H and O–H groups in total. The van der Waals surface area contributed by atoms with E-state index in [-0.39, 0.29) is 23.5 Å². The van der Waals surface area contributed by atoms with Gasteiger partial charge in [-0.1, -0.05) is 43.3 Å². The third-order valence-electron chi connectivity index (χ3n) is 7.39. The Hall–Kier alpha value is -2.53. The van der Waals surface area contributed by atoms with Crippen LogP contribution in [0.1, 0.15) is 69.5 Å². The normalized spacial score (nSPS) is 23.5. The topological polar surface area (TPSA) is 50.8 Å². The zero-order valence-corrected chi connectivity index (χ0v) is 20.3. The summed E-state index contributed by atoms with van der Waals surface area (Å²) < 4.78 is 12.1. The van der Waals surface area contributed by atoms with Crippen molar-refractivity contribution in [3.8, 4) is 11.5 Å². The van der Waals surface area contributed by atoms with Gasteiger partial charge in [0.2, 0.25) is 5.91 Å². The number of amides is 1. The first-order chi connectivity index (χ1) is 16.0. The van der Waals surface area contributed by atoms with Gasteiger partial charge in [-0.3, -0.25) is 9.69 Å². The summed E-state index contributed by atoms with van der Waals surface area (Å²) >= 11 is 0. The van der Waals surface area contributed by atoms with Crippen molar-refractivity contribution >= 4 is 5.91 Å². The molecule has 2 aromatic rings. The monoisotopic (exact) mass is 450 g/mol. The quantitative estimate of drug-likeness (QED) is 0.548. The number of nitrogens with one attached hydrogen (secondary N) is 1. The first kappa shape index (κ1) is 23.6. The zero-order valence-electron chi connectivity index (χ0n) is 20.3. The van der Waals surface area contributed by atoms with E-state index in [0.29, 0.717) is 6.54 Å². The summed E-state index contributed by atoms with van der Waals surface area (Å²) in [5.74, 6) is 1.70. The molecule has 1 saturated carbocycles. The van der Waals surface area contributed by atoms with Gasteiger partial charge in [0.15, 0.2) is 11.5 Å². The van der Waals surface area contributed by atoms with E-state index < -0.39 is 0 Å². The molecule has 178 valence electrons. The fourth-order valence-electron chi connectivity index (χ4n) is 5.63. The summed E-state index contributed by atoms with van der Waals surface area (Å²) in [5, 5.41) is 3.01. The summed E-state index contributed by atoms with van der Waals surface area (Å²) in [6, 6.07) is 17.4. The molecule has 1 aliphatic carbocycles. The van der Waals surface area contributed by atoms with Crippen LogP contribution in [-0.4, -0.2) is 37.1 Å². The van der Waals surface area contributed by atoms with Crippen molar-refractivity contribution in [2.45, 2.75) is 71.1 Å². The molecule has 5 heteroatoms. The SMILES string of the molecule is COc1ccc(C2N(Cc3ccccc3)CC[C@]2(C)CCNC(C)=O)cc1OC1CCCC1. The van der Waals surface area contributed by atoms with Crippen LogP contribution in [-0.2, 0) is 11.3 Å². The summed E-state index contributed by atoms with van der Waals surface area (Å²) in [6.07, 6.45) is 7.02. The van der Waals surface area contributed by atoms with Crippen molar-refractivity contribution in [1.29, 1.82) is 0 Å². The largest absolute Gasteiger partial charge is 0.493 e. The molecule has 1 saturated heterocycles. The highest BCUT2D eigenvalue weighted by Crippen LogP contribution is 2.51. The van der Waals surface area contributed by atoms with Gasteiger partial charge in [-0.15, -0.1) is 0 Å². The van der Waals surface area contributed by atoms with Gasteiger partial charge in [0, 0.05) is 26.1 Å². The molecular formula is C28H38N2O3. The van der Waals surface area contributed by atoms with Crippen LogP contribution >= 0.6 is 0 Å². The van der Waals surface area contributed by atoms with Crippen LogP contribution in [0, 0.1) is 5.41 Å². The predicted octanol–water partition coefficient (Wildman–Crippen LogP) is 5.50. The highest BCUT2D eigenvalue weighted by Gasteiger charge is 2.44. The van der Waals surface area contributed by atoms with E-state index in [0.717, 1.165) is 50.3 Å². The van der Waals surface area contributed by atoms with Gasteiger partial charge in [0.05, 0.1) is 13.2 Å². The highest BCUT2D eigenvalue weighted by atomic mass is 16.5. The third kappa shape index (κ3) is 5.70. The Morgan fingerprint density at radius 1 is 1.12 bits per heavy atom. The first-order valence-electron chi connectivity index (χ1n) is 12.4. The predicted molar refractivity (Wildman–Crippen MR) is 131 cm³/mol. The molecule has 2 fully saturated rings. The summed E-state index contributed by atoms with van der Waals surface area (Å²) in [5.41, 5.74) is 2.64. The van der Waals surface area contributed by atoms with Crippen LogP contribution in [0.5, 0.6) is 11.5 Å². The molecule has 0 bridgehead atoms. The molecule has 2 aromatic carbocycles.